The second-order valence-electron chi connectivity index (χ2n) is 6.44. The summed E-state index contributed by atoms with van der Waals surface area (Å²) in [7, 11) is 2.41. The maximum absolute atomic E-state index is 12.5. The quantitative estimate of drug-likeness (QED) is 0.620. The molecule has 2 aromatic rings. The predicted octanol–water partition coefficient (Wildman–Crippen LogP) is 4.74. The number of carbonyl (C=O) groups is 2. The molecule has 9 heteroatoms. The Morgan fingerprint density at radius 1 is 0.812 bits per heavy atom. The molecule has 32 heavy (non-hydrogen) atoms. The van der Waals surface area contributed by atoms with Crippen molar-refractivity contribution >= 4 is 17.6 Å². The van der Waals surface area contributed by atoms with Gasteiger partial charge in [-0.15, -0.1) is 13.2 Å². The van der Waals surface area contributed by atoms with Crippen molar-refractivity contribution in [2.24, 2.45) is 0 Å². The van der Waals surface area contributed by atoms with Crippen LogP contribution >= 0.6 is 0 Å². The maximum Gasteiger partial charge on any atom is 0.573 e. The van der Waals surface area contributed by atoms with E-state index < -0.39 is 18.3 Å². The summed E-state index contributed by atoms with van der Waals surface area (Å²) in [6.07, 6.45) is 1.53. The molecule has 0 unspecified atom stereocenters. The van der Waals surface area contributed by atoms with Crippen molar-refractivity contribution < 1.29 is 37.0 Å². The third-order valence-corrected chi connectivity index (χ3v) is 4.46. The molecule has 1 aliphatic rings. The van der Waals surface area contributed by atoms with Gasteiger partial charge in [-0.3, -0.25) is 0 Å². The van der Waals surface area contributed by atoms with Gasteiger partial charge in [-0.1, -0.05) is 30.3 Å². The molecule has 2 aromatic carbocycles. The van der Waals surface area contributed by atoms with Gasteiger partial charge >= 0.3 is 18.3 Å². The molecule has 0 aromatic heterocycles. The molecular formula is C23H18F3NO5. The molecule has 1 heterocycles. The van der Waals surface area contributed by atoms with Crippen LogP contribution in [0, 0.1) is 0 Å². The lowest BCUT2D eigenvalue weighted by Crippen LogP contribution is -2.26. The highest BCUT2D eigenvalue weighted by atomic mass is 19.4. The zero-order chi connectivity index (χ0) is 23.3. The van der Waals surface area contributed by atoms with Crippen LogP contribution in [0.1, 0.15) is 0 Å². The van der Waals surface area contributed by atoms with Crippen LogP contribution in [-0.2, 0) is 19.1 Å². The van der Waals surface area contributed by atoms with Crippen LogP contribution in [0.3, 0.4) is 0 Å². The van der Waals surface area contributed by atoms with E-state index in [0.717, 1.165) is 5.56 Å². The molecule has 166 valence electrons. The van der Waals surface area contributed by atoms with Crippen molar-refractivity contribution in [3.8, 4) is 16.9 Å². The first kappa shape index (κ1) is 22.7. The van der Waals surface area contributed by atoms with Gasteiger partial charge in [0.05, 0.1) is 19.8 Å². The standard InChI is InChI=1S/C23H18F3NO5/c1-30-21(28)19-5-3-4-14-27(20(19)22(29)31-2)17-10-6-15(7-11-17)16-8-12-18(13-9-16)32-23(24,25)26/h3-14H,1-2H3. The Morgan fingerprint density at radius 3 is 1.91 bits per heavy atom. The van der Waals surface area contributed by atoms with Crippen molar-refractivity contribution in [2.75, 3.05) is 19.1 Å². The van der Waals surface area contributed by atoms with E-state index in [0.29, 0.717) is 11.3 Å². The summed E-state index contributed by atoms with van der Waals surface area (Å²) < 4.78 is 50.5. The number of benzene rings is 2. The van der Waals surface area contributed by atoms with E-state index in [9.17, 15) is 22.8 Å². The molecule has 0 fully saturated rings. The summed E-state index contributed by atoms with van der Waals surface area (Å²) in [5, 5.41) is 0. The van der Waals surface area contributed by atoms with Gasteiger partial charge in [0.15, 0.2) is 0 Å². The van der Waals surface area contributed by atoms with E-state index in [1.165, 1.54) is 49.5 Å². The zero-order valence-corrected chi connectivity index (χ0v) is 17.1. The first-order chi connectivity index (χ1) is 15.2. The number of anilines is 1. The Labute approximate surface area is 181 Å². The van der Waals surface area contributed by atoms with Gasteiger partial charge < -0.3 is 19.1 Å². The van der Waals surface area contributed by atoms with Gasteiger partial charge in [-0.05, 0) is 47.5 Å². The van der Waals surface area contributed by atoms with Crippen LogP contribution in [0.4, 0.5) is 18.9 Å². The number of nitrogens with zero attached hydrogens (tertiary/aromatic N) is 1. The number of rotatable bonds is 5. The van der Waals surface area contributed by atoms with Crippen LogP contribution in [0.25, 0.3) is 11.1 Å². The number of methoxy groups -OCH3 is 2. The highest BCUT2D eigenvalue weighted by Gasteiger charge is 2.31. The molecule has 0 saturated carbocycles. The van der Waals surface area contributed by atoms with E-state index in [-0.39, 0.29) is 17.0 Å². The lowest BCUT2D eigenvalue weighted by molar-refractivity contribution is -0.274. The number of esters is 2. The van der Waals surface area contributed by atoms with Gasteiger partial charge in [-0.25, -0.2) is 9.59 Å². The van der Waals surface area contributed by atoms with Crippen molar-refractivity contribution in [1.82, 2.24) is 0 Å². The number of ether oxygens (including phenoxy) is 3. The van der Waals surface area contributed by atoms with E-state index in [4.69, 9.17) is 9.47 Å². The molecule has 0 amide bonds. The van der Waals surface area contributed by atoms with E-state index in [1.807, 2.05) is 0 Å². The Morgan fingerprint density at radius 2 is 1.38 bits per heavy atom. The Bertz CT molecular complexity index is 1080. The zero-order valence-electron chi connectivity index (χ0n) is 17.1. The summed E-state index contributed by atoms with van der Waals surface area (Å²) in [6, 6.07) is 12.3. The van der Waals surface area contributed by atoms with Gasteiger partial charge in [0, 0.05) is 11.9 Å². The maximum atomic E-state index is 12.5. The third-order valence-electron chi connectivity index (χ3n) is 4.46. The number of allylic oxidation sites excluding steroid dienone is 2. The minimum Gasteiger partial charge on any atom is -0.465 e. The SMILES string of the molecule is COC(=O)C1=C(C(=O)OC)N(c2ccc(-c3ccc(OC(F)(F)F)cc3)cc2)C=CC=C1. The average molecular weight is 445 g/mol. The molecule has 0 bridgehead atoms. The van der Waals surface area contributed by atoms with Crippen molar-refractivity contribution in [3.63, 3.8) is 0 Å². The fourth-order valence-corrected chi connectivity index (χ4v) is 3.03. The minimum atomic E-state index is -4.76. The molecule has 0 saturated heterocycles. The van der Waals surface area contributed by atoms with E-state index in [1.54, 1.807) is 42.6 Å². The van der Waals surface area contributed by atoms with Gasteiger partial charge in [0.25, 0.3) is 0 Å². The Hall–Kier alpha value is -4.01. The number of hydrogen-bond acceptors (Lipinski definition) is 6. The van der Waals surface area contributed by atoms with Gasteiger partial charge in [-0.2, -0.15) is 0 Å². The normalized spacial score (nSPS) is 13.6. The summed E-state index contributed by atoms with van der Waals surface area (Å²) in [5.74, 6) is -1.75. The van der Waals surface area contributed by atoms with Crippen LogP contribution in [0.2, 0.25) is 0 Å². The molecule has 1 aliphatic heterocycles. The summed E-state index contributed by atoms with van der Waals surface area (Å²) >= 11 is 0. The van der Waals surface area contributed by atoms with Crippen molar-refractivity contribution in [3.05, 3.63) is 84.2 Å². The van der Waals surface area contributed by atoms with Crippen molar-refractivity contribution in [2.45, 2.75) is 6.36 Å². The Kier molecular flexibility index (Phi) is 6.67. The van der Waals surface area contributed by atoms with Crippen LogP contribution in [-0.4, -0.2) is 32.5 Å². The van der Waals surface area contributed by atoms with Gasteiger partial charge in [0.2, 0.25) is 0 Å². The first-order valence-electron chi connectivity index (χ1n) is 9.25. The third kappa shape index (κ3) is 5.18. The highest BCUT2D eigenvalue weighted by molar-refractivity contribution is 6.05. The second-order valence-corrected chi connectivity index (χ2v) is 6.44. The fraction of sp³-hybridized carbons (Fsp3) is 0.130. The smallest absolute Gasteiger partial charge is 0.465 e. The molecule has 0 aliphatic carbocycles. The van der Waals surface area contributed by atoms with Crippen LogP contribution in [0.15, 0.2) is 84.2 Å². The van der Waals surface area contributed by atoms with Crippen LogP contribution < -0.4 is 9.64 Å². The molecule has 0 atom stereocenters. The number of carbonyl (C=O) groups excluding carboxylic acids is 2. The molecule has 0 spiro atoms. The number of alkyl halides is 3. The number of halogens is 3. The first-order valence-corrected chi connectivity index (χ1v) is 9.25. The average Bonchev–Trinajstić information content (AvgIpc) is 3.00. The minimum absolute atomic E-state index is 0.0219. The summed E-state index contributed by atoms with van der Waals surface area (Å²) in [5.41, 5.74) is 1.94. The monoisotopic (exact) mass is 445 g/mol. The number of hydrogen-bond donors (Lipinski definition) is 0. The predicted molar refractivity (Wildman–Crippen MR) is 110 cm³/mol. The van der Waals surface area contributed by atoms with Crippen molar-refractivity contribution in [1.29, 1.82) is 0 Å². The molecule has 0 N–H and O–H groups in total. The fourth-order valence-electron chi connectivity index (χ4n) is 3.03. The molecule has 3 rings (SSSR count). The topological polar surface area (TPSA) is 65.1 Å². The summed E-state index contributed by atoms with van der Waals surface area (Å²) in [6.45, 7) is 0. The lowest BCUT2D eigenvalue weighted by atomic mass is 10.0. The highest BCUT2D eigenvalue weighted by Crippen LogP contribution is 2.30. The van der Waals surface area contributed by atoms with E-state index >= 15 is 0 Å². The largest absolute Gasteiger partial charge is 0.573 e. The Balaban J connectivity index is 1.93. The lowest BCUT2D eigenvalue weighted by Gasteiger charge is -2.23. The second kappa shape index (κ2) is 9.42. The van der Waals surface area contributed by atoms with Crippen LogP contribution in [0.5, 0.6) is 5.75 Å². The van der Waals surface area contributed by atoms with E-state index in [2.05, 4.69) is 4.74 Å². The molecule has 0 radical (unpaired) electrons. The molecule has 6 nitrogen and oxygen atoms in total. The summed E-state index contributed by atoms with van der Waals surface area (Å²) in [4.78, 5) is 26.2. The molecular weight excluding hydrogens is 427 g/mol. The van der Waals surface area contributed by atoms with Gasteiger partial charge in [0.1, 0.15) is 11.4 Å².